The molecular formula is C19H15ClN2O2. The second-order valence-electron chi connectivity index (χ2n) is 5.23. The molecule has 120 valence electrons. The van der Waals surface area contributed by atoms with E-state index >= 15 is 0 Å². The molecule has 0 saturated carbocycles. The lowest BCUT2D eigenvalue weighted by molar-refractivity contribution is 0.0526. The number of nitrogens with zero attached hydrogens (tertiary/aromatic N) is 2. The molecule has 0 aliphatic heterocycles. The van der Waals surface area contributed by atoms with Gasteiger partial charge in [0, 0.05) is 23.0 Å². The zero-order valence-electron chi connectivity index (χ0n) is 13.3. The van der Waals surface area contributed by atoms with Crippen molar-refractivity contribution in [1.29, 1.82) is 0 Å². The minimum absolute atomic E-state index is 0.337. The quantitative estimate of drug-likeness (QED) is 0.526. The average Bonchev–Trinajstić information content (AvgIpc) is 2.97. The van der Waals surface area contributed by atoms with Gasteiger partial charge in [0.15, 0.2) is 0 Å². The van der Waals surface area contributed by atoms with Gasteiger partial charge in [0.25, 0.3) is 0 Å². The number of ether oxygens (including phenoxy) is 1. The Hall–Kier alpha value is -2.77. The Balaban J connectivity index is 2.06. The van der Waals surface area contributed by atoms with E-state index in [0.717, 1.165) is 16.8 Å². The van der Waals surface area contributed by atoms with Crippen LogP contribution >= 0.6 is 11.6 Å². The minimum Gasteiger partial charge on any atom is -0.462 e. The first-order chi connectivity index (χ1) is 11.6. The summed E-state index contributed by atoms with van der Waals surface area (Å²) in [6, 6.07) is 9.07. The molecule has 5 heteroatoms. The van der Waals surface area contributed by atoms with Gasteiger partial charge in [0.05, 0.1) is 23.4 Å². The van der Waals surface area contributed by atoms with Crippen molar-refractivity contribution in [1.82, 2.24) is 9.38 Å². The SMILES string of the molecule is CCOC(=O)c1cc2c(C#Cc3cccc(Cl)c3)nc(C)cn2c1. The van der Waals surface area contributed by atoms with Gasteiger partial charge in [-0.3, -0.25) is 0 Å². The number of carbonyl (C=O) groups is 1. The highest BCUT2D eigenvalue weighted by Crippen LogP contribution is 2.16. The smallest absolute Gasteiger partial charge is 0.339 e. The topological polar surface area (TPSA) is 43.6 Å². The van der Waals surface area contributed by atoms with Crippen LogP contribution in [0.3, 0.4) is 0 Å². The van der Waals surface area contributed by atoms with Gasteiger partial charge < -0.3 is 9.14 Å². The summed E-state index contributed by atoms with van der Waals surface area (Å²) in [5.41, 5.74) is 3.46. The minimum atomic E-state index is -0.354. The van der Waals surface area contributed by atoms with E-state index in [1.165, 1.54) is 0 Å². The van der Waals surface area contributed by atoms with Crippen molar-refractivity contribution in [3.8, 4) is 11.8 Å². The number of esters is 1. The fraction of sp³-hybridized carbons (Fsp3) is 0.158. The molecule has 0 saturated heterocycles. The van der Waals surface area contributed by atoms with E-state index in [0.29, 0.717) is 22.9 Å². The molecule has 2 heterocycles. The highest BCUT2D eigenvalue weighted by Gasteiger charge is 2.12. The molecule has 0 radical (unpaired) electrons. The number of aromatic nitrogens is 2. The van der Waals surface area contributed by atoms with E-state index in [1.54, 1.807) is 31.3 Å². The lowest BCUT2D eigenvalue weighted by Gasteiger charge is -1.99. The van der Waals surface area contributed by atoms with Crippen LogP contribution in [0.1, 0.15) is 34.2 Å². The summed E-state index contributed by atoms with van der Waals surface area (Å²) >= 11 is 5.98. The number of fused-ring (bicyclic) bond motifs is 1. The second-order valence-corrected chi connectivity index (χ2v) is 5.67. The Labute approximate surface area is 145 Å². The monoisotopic (exact) mass is 338 g/mol. The van der Waals surface area contributed by atoms with Gasteiger partial charge in [-0.2, -0.15) is 0 Å². The maximum absolute atomic E-state index is 11.9. The molecule has 0 bridgehead atoms. The zero-order valence-corrected chi connectivity index (χ0v) is 14.1. The van der Waals surface area contributed by atoms with Crippen LogP contribution < -0.4 is 0 Å². The Morgan fingerprint density at radius 2 is 2.12 bits per heavy atom. The van der Waals surface area contributed by atoms with Gasteiger partial charge >= 0.3 is 5.97 Å². The van der Waals surface area contributed by atoms with E-state index < -0.39 is 0 Å². The van der Waals surface area contributed by atoms with Crippen LogP contribution in [0, 0.1) is 18.8 Å². The summed E-state index contributed by atoms with van der Waals surface area (Å²) in [4.78, 5) is 16.4. The molecular weight excluding hydrogens is 324 g/mol. The molecule has 0 spiro atoms. The number of rotatable bonds is 2. The van der Waals surface area contributed by atoms with Gasteiger partial charge in [0.1, 0.15) is 5.69 Å². The van der Waals surface area contributed by atoms with Crippen LogP contribution in [-0.2, 0) is 4.74 Å². The third-order valence-electron chi connectivity index (χ3n) is 3.37. The van der Waals surface area contributed by atoms with Crippen molar-refractivity contribution in [2.75, 3.05) is 6.61 Å². The van der Waals surface area contributed by atoms with Crippen LogP contribution in [0.4, 0.5) is 0 Å². The Morgan fingerprint density at radius 1 is 1.29 bits per heavy atom. The van der Waals surface area contributed by atoms with Crippen molar-refractivity contribution in [3.05, 3.63) is 70.3 Å². The van der Waals surface area contributed by atoms with Crippen LogP contribution in [0.15, 0.2) is 42.7 Å². The summed E-state index contributed by atoms with van der Waals surface area (Å²) in [6.45, 7) is 4.00. The first kappa shape index (κ1) is 16.1. The summed E-state index contributed by atoms with van der Waals surface area (Å²) in [5.74, 6) is 5.77. The molecule has 0 aliphatic carbocycles. The fourth-order valence-electron chi connectivity index (χ4n) is 2.36. The molecule has 0 fully saturated rings. The Morgan fingerprint density at radius 3 is 2.88 bits per heavy atom. The second kappa shape index (κ2) is 6.77. The third-order valence-corrected chi connectivity index (χ3v) is 3.60. The predicted molar refractivity (Wildman–Crippen MR) is 93.3 cm³/mol. The predicted octanol–water partition coefficient (Wildman–Crippen LogP) is 3.87. The summed E-state index contributed by atoms with van der Waals surface area (Å²) in [5, 5.41) is 0.636. The maximum atomic E-state index is 11.9. The van der Waals surface area contributed by atoms with Crippen LogP contribution in [0.5, 0.6) is 0 Å². The summed E-state index contributed by atoms with van der Waals surface area (Å²) in [6.07, 6.45) is 3.58. The number of carbonyl (C=O) groups excluding carboxylic acids is 1. The number of aryl methyl sites for hydroxylation is 1. The van der Waals surface area contributed by atoms with Gasteiger partial charge in [-0.05, 0) is 44.0 Å². The van der Waals surface area contributed by atoms with Crippen LogP contribution in [0.2, 0.25) is 5.02 Å². The highest BCUT2D eigenvalue weighted by atomic mass is 35.5. The number of halogens is 1. The molecule has 2 aromatic heterocycles. The molecule has 0 aliphatic rings. The van der Waals surface area contributed by atoms with Gasteiger partial charge in [-0.15, -0.1) is 0 Å². The van der Waals surface area contributed by atoms with E-state index in [-0.39, 0.29) is 5.97 Å². The molecule has 0 amide bonds. The van der Waals surface area contributed by atoms with E-state index in [9.17, 15) is 4.79 Å². The van der Waals surface area contributed by atoms with Crippen molar-refractivity contribution < 1.29 is 9.53 Å². The molecule has 0 atom stereocenters. The summed E-state index contributed by atoms with van der Waals surface area (Å²) in [7, 11) is 0. The van der Waals surface area contributed by atoms with Gasteiger partial charge in [-0.1, -0.05) is 23.6 Å². The van der Waals surface area contributed by atoms with Crippen molar-refractivity contribution in [2.45, 2.75) is 13.8 Å². The van der Waals surface area contributed by atoms with Crippen molar-refractivity contribution in [3.63, 3.8) is 0 Å². The molecule has 3 rings (SSSR count). The zero-order chi connectivity index (χ0) is 17.1. The van der Waals surface area contributed by atoms with Crippen molar-refractivity contribution in [2.24, 2.45) is 0 Å². The fourth-order valence-corrected chi connectivity index (χ4v) is 2.55. The molecule has 1 aromatic carbocycles. The van der Waals surface area contributed by atoms with E-state index in [1.807, 2.05) is 29.7 Å². The third kappa shape index (κ3) is 3.42. The lowest BCUT2D eigenvalue weighted by atomic mass is 10.2. The normalized spacial score (nSPS) is 10.3. The molecule has 0 unspecified atom stereocenters. The lowest BCUT2D eigenvalue weighted by Crippen LogP contribution is -2.02. The molecule has 3 aromatic rings. The van der Waals surface area contributed by atoms with Crippen LogP contribution in [0.25, 0.3) is 5.52 Å². The van der Waals surface area contributed by atoms with E-state index in [2.05, 4.69) is 16.8 Å². The molecule has 4 nitrogen and oxygen atoms in total. The first-order valence-corrected chi connectivity index (χ1v) is 7.88. The van der Waals surface area contributed by atoms with E-state index in [4.69, 9.17) is 16.3 Å². The number of hydrogen-bond acceptors (Lipinski definition) is 3. The molecule has 0 N–H and O–H groups in total. The Kier molecular flexibility index (Phi) is 4.54. The Bertz CT molecular complexity index is 980. The number of hydrogen-bond donors (Lipinski definition) is 0. The number of benzene rings is 1. The first-order valence-electron chi connectivity index (χ1n) is 7.51. The van der Waals surface area contributed by atoms with Gasteiger partial charge in [0.2, 0.25) is 0 Å². The highest BCUT2D eigenvalue weighted by molar-refractivity contribution is 6.30. The van der Waals surface area contributed by atoms with Crippen LogP contribution in [-0.4, -0.2) is 22.0 Å². The van der Waals surface area contributed by atoms with Crippen molar-refractivity contribution >= 4 is 23.1 Å². The largest absolute Gasteiger partial charge is 0.462 e. The molecule has 24 heavy (non-hydrogen) atoms. The summed E-state index contributed by atoms with van der Waals surface area (Å²) < 4.78 is 6.89. The van der Waals surface area contributed by atoms with Gasteiger partial charge in [-0.25, -0.2) is 9.78 Å². The average molecular weight is 339 g/mol. The standard InChI is InChI=1S/C19H15ClN2O2/c1-3-24-19(23)15-10-18-17(21-13(2)11-22(18)12-15)8-7-14-5-4-6-16(20)9-14/h4-6,9-12H,3H2,1-2H3. The maximum Gasteiger partial charge on any atom is 0.339 e.